The fourth-order valence-corrected chi connectivity index (χ4v) is 3.64. The molecule has 3 heterocycles. The fourth-order valence-electron chi connectivity index (χ4n) is 2.85. The summed E-state index contributed by atoms with van der Waals surface area (Å²) in [6.07, 6.45) is 0. The molecule has 1 N–H and O–H groups in total. The second-order valence-electron chi connectivity index (χ2n) is 6.16. The number of aromatic nitrogens is 1. The molecule has 2 aromatic heterocycles. The van der Waals surface area contributed by atoms with E-state index >= 15 is 0 Å². The summed E-state index contributed by atoms with van der Waals surface area (Å²) in [5, 5.41) is 4.24. The number of hydrogen-bond donors (Lipinski definition) is 1. The van der Waals surface area contributed by atoms with Gasteiger partial charge in [0.05, 0.1) is 10.6 Å². The predicted octanol–water partition coefficient (Wildman–Crippen LogP) is 3.97. The number of nitrogens with one attached hydrogen (secondary N) is 1. The summed E-state index contributed by atoms with van der Waals surface area (Å²) in [5.74, 6) is 0.550. The third-order valence-electron chi connectivity index (χ3n) is 4.52. The number of carbonyl (C=O) groups excluding carboxylic acids is 1. The van der Waals surface area contributed by atoms with Gasteiger partial charge in [0.15, 0.2) is 5.58 Å². The van der Waals surface area contributed by atoms with Crippen LogP contribution in [-0.2, 0) is 4.79 Å². The Morgan fingerprint density at radius 1 is 1.17 bits per heavy atom. The van der Waals surface area contributed by atoms with Crippen LogP contribution in [-0.4, -0.2) is 16.6 Å². The molecule has 0 saturated heterocycles. The molecule has 0 spiro atoms. The second kappa shape index (κ2) is 5.56. The quantitative estimate of drug-likeness (QED) is 0.768. The molecule has 0 radical (unpaired) electrons. The lowest BCUT2D eigenvalue weighted by atomic mass is 9.86. The molecule has 0 aliphatic carbocycles. The van der Waals surface area contributed by atoms with Crippen LogP contribution in [0.2, 0.25) is 0 Å². The molecular formula is C18H17N3O2S. The molecule has 3 aromatic rings. The van der Waals surface area contributed by atoms with E-state index in [1.54, 1.807) is 11.3 Å². The van der Waals surface area contributed by atoms with Gasteiger partial charge in [0.1, 0.15) is 5.52 Å². The van der Waals surface area contributed by atoms with E-state index in [0.29, 0.717) is 5.89 Å². The van der Waals surface area contributed by atoms with Crippen molar-refractivity contribution >= 4 is 34.1 Å². The highest BCUT2D eigenvalue weighted by atomic mass is 32.1. The van der Waals surface area contributed by atoms with Crippen molar-refractivity contribution in [1.82, 2.24) is 10.4 Å². The molecule has 6 heteroatoms. The van der Waals surface area contributed by atoms with E-state index in [9.17, 15) is 4.79 Å². The van der Waals surface area contributed by atoms with Gasteiger partial charge in [-0.2, -0.15) is 5.10 Å². The number of amides is 1. The van der Waals surface area contributed by atoms with Gasteiger partial charge in [0.25, 0.3) is 0 Å². The van der Waals surface area contributed by atoms with Gasteiger partial charge in [-0.25, -0.2) is 10.4 Å². The summed E-state index contributed by atoms with van der Waals surface area (Å²) in [6.45, 7) is 6.00. The maximum atomic E-state index is 11.7. The minimum atomic E-state index is -0.104. The molecule has 2 atom stereocenters. The van der Waals surface area contributed by atoms with Crippen LogP contribution in [0.4, 0.5) is 0 Å². The average molecular weight is 339 g/mol. The summed E-state index contributed by atoms with van der Waals surface area (Å²) in [4.78, 5) is 18.5. The number of rotatable bonds is 2. The lowest BCUT2D eigenvalue weighted by molar-refractivity contribution is -0.125. The van der Waals surface area contributed by atoms with Crippen molar-refractivity contribution in [2.24, 2.45) is 16.9 Å². The highest BCUT2D eigenvalue weighted by Crippen LogP contribution is 2.31. The smallest absolute Gasteiger partial charge is 0.243 e. The molecule has 1 aliphatic heterocycles. The Bertz CT molecular complexity index is 970. The van der Waals surface area contributed by atoms with Gasteiger partial charge in [-0.1, -0.05) is 19.9 Å². The summed E-state index contributed by atoms with van der Waals surface area (Å²) in [5.41, 5.74) is 5.97. The fraction of sp³-hybridized carbons (Fsp3) is 0.278. The van der Waals surface area contributed by atoms with E-state index in [1.165, 1.54) is 4.88 Å². The molecule has 1 aliphatic rings. The largest absolute Gasteiger partial charge is 0.435 e. The Labute approximate surface area is 143 Å². The molecule has 1 amide bonds. The van der Waals surface area contributed by atoms with Crippen LogP contribution < -0.4 is 5.43 Å². The standard InChI is InChI=1S/C18H17N3O2S/c1-9-4-7-15(24-9)18-19-13-6-5-12(8-14(13)23-18)16-10(2)11(3)17(22)21-20-16/h4-8,10-11H,1-3H3,(H,21,22)/t10-,11+/m1/s1. The van der Waals surface area contributed by atoms with E-state index < -0.39 is 0 Å². The molecule has 0 fully saturated rings. The third kappa shape index (κ3) is 2.43. The first-order valence-electron chi connectivity index (χ1n) is 7.88. The summed E-state index contributed by atoms with van der Waals surface area (Å²) in [6, 6.07) is 9.95. The van der Waals surface area contributed by atoms with E-state index in [4.69, 9.17) is 4.42 Å². The first-order chi connectivity index (χ1) is 11.5. The zero-order valence-corrected chi connectivity index (χ0v) is 14.5. The summed E-state index contributed by atoms with van der Waals surface area (Å²) >= 11 is 1.66. The lowest BCUT2D eigenvalue weighted by Crippen LogP contribution is -2.39. The highest BCUT2D eigenvalue weighted by molar-refractivity contribution is 7.15. The monoisotopic (exact) mass is 339 g/mol. The highest BCUT2D eigenvalue weighted by Gasteiger charge is 2.29. The Kier molecular flexibility index (Phi) is 3.49. The normalized spacial score (nSPS) is 21.0. The van der Waals surface area contributed by atoms with Crippen molar-refractivity contribution in [2.45, 2.75) is 20.8 Å². The Balaban J connectivity index is 1.75. The molecule has 24 heavy (non-hydrogen) atoms. The van der Waals surface area contributed by atoms with Gasteiger partial charge in [0, 0.05) is 22.3 Å². The molecule has 0 unspecified atom stereocenters. The van der Waals surface area contributed by atoms with Crippen LogP contribution in [0.3, 0.4) is 0 Å². The minimum absolute atomic E-state index is 0.0395. The number of aryl methyl sites for hydroxylation is 1. The number of oxazole rings is 1. The van der Waals surface area contributed by atoms with Crippen LogP contribution >= 0.6 is 11.3 Å². The van der Waals surface area contributed by atoms with Gasteiger partial charge in [-0.15, -0.1) is 11.3 Å². The van der Waals surface area contributed by atoms with Crippen LogP contribution in [0.25, 0.3) is 21.9 Å². The first-order valence-corrected chi connectivity index (χ1v) is 8.70. The lowest BCUT2D eigenvalue weighted by Gasteiger charge is -2.25. The molecule has 1 aromatic carbocycles. The number of thiophene rings is 1. The van der Waals surface area contributed by atoms with Crippen LogP contribution in [0, 0.1) is 18.8 Å². The maximum Gasteiger partial charge on any atom is 0.243 e. The van der Waals surface area contributed by atoms with Gasteiger partial charge >= 0.3 is 0 Å². The Morgan fingerprint density at radius 2 is 2.00 bits per heavy atom. The van der Waals surface area contributed by atoms with Crippen LogP contribution in [0.5, 0.6) is 0 Å². The van der Waals surface area contributed by atoms with Crippen LogP contribution in [0.15, 0.2) is 39.9 Å². The SMILES string of the molecule is Cc1ccc(-c2nc3ccc(C4=NNC(=O)[C@@H](C)[C@H]4C)cc3o2)s1. The average Bonchev–Trinajstić information content (AvgIpc) is 3.18. The predicted molar refractivity (Wildman–Crippen MR) is 95.1 cm³/mol. The van der Waals surface area contributed by atoms with Crippen molar-refractivity contribution < 1.29 is 9.21 Å². The number of carbonyl (C=O) groups is 1. The third-order valence-corrected chi connectivity index (χ3v) is 5.51. The first kappa shape index (κ1) is 15.1. The van der Waals surface area contributed by atoms with Crippen molar-refractivity contribution in [3.05, 3.63) is 40.8 Å². The van der Waals surface area contributed by atoms with E-state index in [2.05, 4.69) is 28.5 Å². The number of fused-ring (bicyclic) bond motifs is 1. The molecule has 122 valence electrons. The van der Waals surface area contributed by atoms with Crippen molar-refractivity contribution in [1.29, 1.82) is 0 Å². The number of nitrogens with zero attached hydrogens (tertiary/aromatic N) is 2. The number of hydrazone groups is 1. The van der Waals surface area contributed by atoms with Gasteiger partial charge < -0.3 is 4.42 Å². The van der Waals surface area contributed by atoms with E-state index in [1.807, 2.05) is 38.1 Å². The number of hydrogen-bond acceptors (Lipinski definition) is 5. The Hall–Kier alpha value is -2.47. The zero-order chi connectivity index (χ0) is 16.8. The van der Waals surface area contributed by atoms with Gasteiger partial charge in [-0.3, -0.25) is 4.79 Å². The zero-order valence-electron chi connectivity index (χ0n) is 13.7. The molecule has 5 nitrogen and oxygen atoms in total. The molecule has 4 rings (SSSR count). The van der Waals surface area contributed by atoms with Gasteiger partial charge in [-0.05, 0) is 31.2 Å². The van der Waals surface area contributed by atoms with Crippen molar-refractivity contribution in [2.75, 3.05) is 0 Å². The molecular weight excluding hydrogens is 322 g/mol. The summed E-state index contributed by atoms with van der Waals surface area (Å²) in [7, 11) is 0. The van der Waals surface area contributed by atoms with Gasteiger partial charge in [0.2, 0.25) is 11.8 Å². The minimum Gasteiger partial charge on any atom is -0.435 e. The maximum absolute atomic E-state index is 11.7. The molecule has 0 bridgehead atoms. The van der Waals surface area contributed by atoms with Crippen molar-refractivity contribution in [3.63, 3.8) is 0 Å². The van der Waals surface area contributed by atoms with E-state index in [-0.39, 0.29) is 17.7 Å². The topological polar surface area (TPSA) is 67.5 Å². The second-order valence-corrected chi connectivity index (χ2v) is 7.45. The number of benzene rings is 1. The van der Waals surface area contributed by atoms with Crippen molar-refractivity contribution in [3.8, 4) is 10.8 Å². The molecule has 0 saturated carbocycles. The van der Waals surface area contributed by atoms with E-state index in [0.717, 1.165) is 27.3 Å². The Morgan fingerprint density at radius 3 is 2.75 bits per heavy atom. The van der Waals surface area contributed by atoms with Crippen LogP contribution in [0.1, 0.15) is 24.3 Å². The summed E-state index contributed by atoms with van der Waals surface area (Å²) < 4.78 is 5.94.